The highest BCUT2D eigenvalue weighted by molar-refractivity contribution is 7.10. The van der Waals surface area contributed by atoms with Gasteiger partial charge in [-0.15, -0.1) is 11.3 Å². The number of hydrogen-bond donors (Lipinski definition) is 1. The Kier molecular flexibility index (Phi) is 4.45. The van der Waals surface area contributed by atoms with E-state index in [0.29, 0.717) is 0 Å². The molecule has 0 aliphatic heterocycles. The number of hydrogen-bond acceptors (Lipinski definition) is 2. The van der Waals surface area contributed by atoms with Crippen LogP contribution in [0.4, 0.5) is 0 Å². The molecule has 0 saturated heterocycles. The molecule has 20 heavy (non-hydrogen) atoms. The Labute approximate surface area is 130 Å². The minimum absolute atomic E-state index is 0.211. The monoisotopic (exact) mass is 305 g/mol. The Morgan fingerprint density at radius 3 is 2.50 bits per heavy atom. The van der Waals surface area contributed by atoms with Crippen LogP contribution in [0.3, 0.4) is 0 Å². The van der Waals surface area contributed by atoms with E-state index in [-0.39, 0.29) is 6.04 Å². The largest absolute Gasteiger partial charge is 0.306 e. The first-order valence-corrected chi connectivity index (χ1v) is 8.61. The van der Waals surface area contributed by atoms with Gasteiger partial charge in [0.05, 0.1) is 11.1 Å². The third kappa shape index (κ3) is 2.78. The molecule has 1 nitrogen and oxygen atoms in total. The van der Waals surface area contributed by atoms with Crippen molar-refractivity contribution in [3.63, 3.8) is 0 Å². The molecule has 0 spiro atoms. The van der Waals surface area contributed by atoms with Gasteiger partial charge in [0.15, 0.2) is 0 Å². The van der Waals surface area contributed by atoms with Crippen LogP contribution in [-0.2, 0) is 0 Å². The summed E-state index contributed by atoms with van der Waals surface area (Å²) in [7, 11) is 0. The van der Waals surface area contributed by atoms with E-state index < -0.39 is 0 Å². The molecule has 2 aromatic rings. The number of nitrogens with one attached hydrogen (secondary N) is 1. The van der Waals surface area contributed by atoms with Crippen LogP contribution in [0.2, 0.25) is 5.02 Å². The zero-order chi connectivity index (χ0) is 13.9. The summed E-state index contributed by atoms with van der Waals surface area (Å²) in [5, 5.41) is 6.47. The Balaban J connectivity index is 1.85. The zero-order valence-corrected chi connectivity index (χ0v) is 13.3. The standard InChI is InChI=1S/C17H20ClNS/c1-2-19-16(17-15(18)10-11-20-17)14-8-6-13(7-9-14)12-4-3-5-12/h6-12,16,19H,2-5H2,1H3. The van der Waals surface area contributed by atoms with Gasteiger partial charge in [0.1, 0.15) is 0 Å². The molecule has 1 aromatic carbocycles. The quantitative estimate of drug-likeness (QED) is 0.783. The van der Waals surface area contributed by atoms with Crippen molar-refractivity contribution >= 4 is 22.9 Å². The van der Waals surface area contributed by atoms with Crippen molar-refractivity contribution in [2.24, 2.45) is 0 Å². The van der Waals surface area contributed by atoms with Crippen LogP contribution in [-0.4, -0.2) is 6.54 Å². The van der Waals surface area contributed by atoms with Crippen molar-refractivity contribution < 1.29 is 0 Å². The molecule has 106 valence electrons. The first-order chi connectivity index (χ1) is 9.79. The molecule has 1 aliphatic carbocycles. The molecule has 1 N–H and O–H groups in total. The third-order valence-corrected chi connectivity index (χ3v) is 5.58. The lowest BCUT2D eigenvalue weighted by Crippen LogP contribution is -2.21. The molecule has 3 heteroatoms. The van der Waals surface area contributed by atoms with E-state index in [2.05, 4.69) is 41.9 Å². The predicted molar refractivity (Wildman–Crippen MR) is 87.9 cm³/mol. The van der Waals surface area contributed by atoms with Crippen LogP contribution in [0.15, 0.2) is 35.7 Å². The van der Waals surface area contributed by atoms with Crippen LogP contribution >= 0.6 is 22.9 Å². The SMILES string of the molecule is CCNC(c1ccc(C2CCC2)cc1)c1sccc1Cl. The highest BCUT2D eigenvalue weighted by atomic mass is 35.5. The molecule has 1 atom stereocenters. The topological polar surface area (TPSA) is 12.0 Å². The maximum absolute atomic E-state index is 6.30. The van der Waals surface area contributed by atoms with Crippen molar-refractivity contribution in [3.05, 3.63) is 56.7 Å². The maximum Gasteiger partial charge on any atom is 0.0686 e. The Hall–Kier alpha value is -0.830. The molecule has 1 saturated carbocycles. The van der Waals surface area contributed by atoms with Crippen molar-refractivity contribution in [1.29, 1.82) is 0 Å². The second kappa shape index (κ2) is 6.30. The van der Waals surface area contributed by atoms with Gasteiger partial charge in [0, 0.05) is 4.88 Å². The van der Waals surface area contributed by atoms with E-state index in [4.69, 9.17) is 11.6 Å². The van der Waals surface area contributed by atoms with Gasteiger partial charge in [-0.1, -0.05) is 49.2 Å². The van der Waals surface area contributed by atoms with Crippen LogP contribution in [0.5, 0.6) is 0 Å². The average molecular weight is 306 g/mol. The van der Waals surface area contributed by atoms with Gasteiger partial charge in [0.25, 0.3) is 0 Å². The molecule has 0 bridgehead atoms. The molecule has 1 unspecified atom stereocenters. The fourth-order valence-electron chi connectivity index (χ4n) is 2.78. The summed E-state index contributed by atoms with van der Waals surface area (Å²) < 4.78 is 0. The van der Waals surface area contributed by atoms with E-state index in [1.807, 2.05) is 6.07 Å². The van der Waals surface area contributed by atoms with E-state index in [1.165, 1.54) is 35.3 Å². The zero-order valence-electron chi connectivity index (χ0n) is 11.7. The molecule has 1 aliphatic rings. The molecule has 0 radical (unpaired) electrons. The van der Waals surface area contributed by atoms with Crippen molar-refractivity contribution in [3.8, 4) is 0 Å². The van der Waals surface area contributed by atoms with Crippen molar-refractivity contribution in [2.75, 3.05) is 6.54 Å². The minimum Gasteiger partial charge on any atom is -0.306 e. The number of benzene rings is 1. The second-order valence-electron chi connectivity index (χ2n) is 5.42. The van der Waals surface area contributed by atoms with Crippen LogP contribution in [0.1, 0.15) is 54.1 Å². The Morgan fingerprint density at radius 1 is 1.25 bits per heavy atom. The highest BCUT2D eigenvalue weighted by Crippen LogP contribution is 2.38. The highest BCUT2D eigenvalue weighted by Gasteiger charge is 2.21. The lowest BCUT2D eigenvalue weighted by Gasteiger charge is -2.26. The van der Waals surface area contributed by atoms with Crippen molar-refractivity contribution in [1.82, 2.24) is 5.32 Å². The van der Waals surface area contributed by atoms with E-state index >= 15 is 0 Å². The number of halogens is 1. The van der Waals surface area contributed by atoms with Crippen molar-refractivity contribution in [2.45, 2.75) is 38.1 Å². The molecular formula is C17H20ClNS. The summed E-state index contributed by atoms with van der Waals surface area (Å²) in [6, 6.07) is 11.3. The van der Waals surface area contributed by atoms with Gasteiger partial charge < -0.3 is 5.32 Å². The molecular weight excluding hydrogens is 286 g/mol. The fourth-order valence-corrected chi connectivity index (χ4v) is 4.05. The Morgan fingerprint density at radius 2 is 2.00 bits per heavy atom. The van der Waals surface area contributed by atoms with Gasteiger partial charge in [-0.3, -0.25) is 0 Å². The second-order valence-corrected chi connectivity index (χ2v) is 6.77. The predicted octanol–water partition coefficient (Wildman–Crippen LogP) is 5.37. The normalized spacial score (nSPS) is 16.9. The van der Waals surface area contributed by atoms with Crippen LogP contribution in [0.25, 0.3) is 0 Å². The van der Waals surface area contributed by atoms with Gasteiger partial charge in [0.2, 0.25) is 0 Å². The van der Waals surface area contributed by atoms with E-state index in [0.717, 1.165) is 17.5 Å². The van der Waals surface area contributed by atoms with E-state index in [9.17, 15) is 0 Å². The lowest BCUT2D eigenvalue weighted by atomic mass is 9.80. The summed E-state index contributed by atoms with van der Waals surface area (Å²) in [5.41, 5.74) is 2.80. The summed E-state index contributed by atoms with van der Waals surface area (Å²) in [6.07, 6.45) is 4.09. The summed E-state index contributed by atoms with van der Waals surface area (Å²) in [4.78, 5) is 1.21. The maximum atomic E-state index is 6.30. The van der Waals surface area contributed by atoms with E-state index in [1.54, 1.807) is 11.3 Å². The molecule has 1 aromatic heterocycles. The van der Waals surface area contributed by atoms with Gasteiger partial charge in [-0.25, -0.2) is 0 Å². The van der Waals surface area contributed by atoms with Crippen LogP contribution in [0, 0.1) is 0 Å². The van der Waals surface area contributed by atoms with Gasteiger partial charge >= 0.3 is 0 Å². The minimum atomic E-state index is 0.211. The summed E-state index contributed by atoms with van der Waals surface area (Å²) in [6.45, 7) is 3.07. The summed E-state index contributed by atoms with van der Waals surface area (Å²) in [5.74, 6) is 0.798. The first-order valence-electron chi connectivity index (χ1n) is 7.35. The third-order valence-electron chi connectivity index (χ3n) is 4.16. The van der Waals surface area contributed by atoms with Gasteiger partial charge in [-0.2, -0.15) is 0 Å². The van der Waals surface area contributed by atoms with Gasteiger partial charge in [-0.05, 0) is 47.9 Å². The summed E-state index contributed by atoms with van der Waals surface area (Å²) >= 11 is 8.03. The molecule has 3 rings (SSSR count). The number of thiophene rings is 1. The number of rotatable bonds is 5. The first kappa shape index (κ1) is 14.1. The smallest absolute Gasteiger partial charge is 0.0686 e. The lowest BCUT2D eigenvalue weighted by molar-refractivity contribution is 0.419. The molecule has 0 amide bonds. The fraction of sp³-hybridized carbons (Fsp3) is 0.412. The Bertz CT molecular complexity index is 557. The average Bonchev–Trinajstić information content (AvgIpc) is 2.81. The van der Waals surface area contributed by atoms with Crippen LogP contribution < -0.4 is 5.32 Å². The molecule has 1 heterocycles. The molecule has 1 fully saturated rings.